The molecule has 2 fully saturated rings. The number of hydrogen-bond acceptors (Lipinski definition) is 6. The SMILES string of the molecule is CCOc1ccc(/C=C2\SC(=S)N(CC(=O)N3CCC[C@H]3C(=O)O)C2=O)cc1. The first-order valence-corrected chi connectivity index (χ1v) is 10.1. The fraction of sp³-hybridized carbons (Fsp3) is 0.368. The van der Waals surface area contributed by atoms with Gasteiger partial charge in [-0.2, -0.15) is 0 Å². The largest absolute Gasteiger partial charge is 0.494 e. The van der Waals surface area contributed by atoms with E-state index in [1.54, 1.807) is 6.08 Å². The maximum Gasteiger partial charge on any atom is 0.326 e. The Labute approximate surface area is 172 Å². The zero-order chi connectivity index (χ0) is 20.3. The van der Waals surface area contributed by atoms with Crippen LogP contribution in [0.4, 0.5) is 0 Å². The predicted octanol–water partition coefficient (Wildman–Crippen LogP) is 2.36. The standard InChI is InChI=1S/C19H20N2O5S2/c1-2-26-13-7-5-12(6-8-13)10-15-17(23)21(19(27)28-15)11-16(22)20-9-3-4-14(20)18(24)25/h5-8,10,14H,2-4,9,11H2,1H3,(H,24,25)/b15-10-/t14-/m0/s1. The van der Waals surface area contributed by atoms with Crippen LogP contribution in [0.5, 0.6) is 5.75 Å². The lowest BCUT2D eigenvalue weighted by Gasteiger charge is -2.24. The molecule has 2 saturated heterocycles. The molecule has 1 atom stereocenters. The molecule has 9 heteroatoms. The van der Waals surface area contributed by atoms with E-state index in [4.69, 9.17) is 17.0 Å². The second kappa shape index (κ2) is 8.74. The Hall–Kier alpha value is -2.39. The highest BCUT2D eigenvalue weighted by Gasteiger charge is 2.38. The molecule has 0 saturated carbocycles. The van der Waals surface area contributed by atoms with E-state index in [-0.39, 0.29) is 12.5 Å². The minimum Gasteiger partial charge on any atom is -0.494 e. The van der Waals surface area contributed by atoms with Gasteiger partial charge in [0.15, 0.2) is 0 Å². The third kappa shape index (κ3) is 4.36. The number of aliphatic carboxylic acids is 1. The summed E-state index contributed by atoms with van der Waals surface area (Å²) in [6.45, 7) is 2.62. The van der Waals surface area contributed by atoms with Crippen LogP contribution in [0.15, 0.2) is 29.2 Å². The summed E-state index contributed by atoms with van der Waals surface area (Å²) in [4.78, 5) is 39.5. The average molecular weight is 421 g/mol. The second-order valence-electron chi connectivity index (χ2n) is 6.35. The number of carboxylic acid groups (broad SMARTS) is 1. The summed E-state index contributed by atoms with van der Waals surface area (Å²) in [5.74, 6) is -1.02. The van der Waals surface area contributed by atoms with Crippen molar-refractivity contribution in [2.24, 2.45) is 0 Å². The van der Waals surface area contributed by atoms with Crippen molar-refractivity contribution in [2.75, 3.05) is 19.7 Å². The van der Waals surface area contributed by atoms with Crippen molar-refractivity contribution < 1.29 is 24.2 Å². The second-order valence-corrected chi connectivity index (χ2v) is 8.03. The third-order valence-corrected chi connectivity index (χ3v) is 5.89. The summed E-state index contributed by atoms with van der Waals surface area (Å²) in [5, 5.41) is 9.23. The predicted molar refractivity (Wildman–Crippen MR) is 110 cm³/mol. The molecule has 2 heterocycles. The minimum absolute atomic E-state index is 0.241. The van der Waals surface area contributed by atoms with Gasteiger partial charge in [-0.25, -0.2) is 4.79 Å². The van der Waals surface area contributed by atoms with Crippen LogP contribution < -0.4 is 4.74 Å². The monoisotopic (exact) mass is 420 g/mol. The summed E-state index contributed by atoms with van der Waals surface area (Å²) < 4.78 is 5.69. The van der Waals surface area contributed by atoms with Crippen LogP contribution in [0.2, 0.25) is 0 Å². The Bertz CT molecular complexity index is 837. The number of thiocarbonyl (C=S) groups is 1. The van der Waals surface area contributed by atoms with Gasteiger partial charge in [0, 0.05) is 6.54 Å². The Morgan fingerprint density at radius 2 is 2.07 bits per heavy atom. The van der Waals surface area contributed by atoms with E-state index >= 15 is 0 Å². The van der Waals surface area contributed by atoms with Gasteiger partial charge in [0.2, 0.25) is 5.91 Å². The van der Waals surface area contributed by atoms with Crippen LogP contribution in [-0.4, -0.2) is 62.7 Å². The van der Waals surface area contributed by atoms with Gasteiger partial charge in [0.25, 0.3) is 5.91 Å². The fourth-order valence-electron chi connectivity index (χ4n) is 3.16. The molecule has 28 heavy (non-hydrogen) atoms. The molecule has 2 amide bonds. The summed E-state index contributed by atoms with van der Waals surface area (Å²) in [6.07, 6.45) is 2.78. The smallest absolute Gasteiger partial charge is 0.326 e. The Morgan fingerprint density at radius 3 is 2.71 bits per heavy atom. The van der Waals surface area contributed by atoms with E-state index in [1.165, 1.54) is 9.80 Å². The van der Waals surface area contributed by atoms with E-state index in [1.807, 2.05) is 31.2 Å². The van der Waals surface area contributed by atoms with Crippen molar-refractivity contribution >= 4 is 52.2 Å². The number of rotatable bonds is 6. The summed E-state index contributed by atoms with van der Waals surface area (Å²) >= 11 is 6.39. The fourth-order valence-corrected chi connectivity index (χ4v) is 4.42. The molecule has 0 aliphatic carbocycles. The molecular weight excluding hydrogens is 400 g/mol. The first kappa shape index (κ1) is 20.3. The topological polar surface area (TPSA) is 87.2 Å². The summed E-state index contributed by atoms with van der Waals surface area (Å²) in [5.41, 5.74) is 0.820. The maximum absolute atomic E-state index is 12.7. The van der Waals surface area contributed by atoms with E-state index in [0.717, 1.165) is 23.1 Å². The number of ether oxygens (including phenoxy) is 1. The van der Waals surface area contributed by atoms with Crippen LogP contribution in [0.25, 0.3) is 6.08 Å². The van der Waals surface area contributed by atoms with Crippen molar-refractivity contribution in [2.45, 2.75) is 25.8 Å². The highest BCUT2D eigenvalue weighted by Crippen LogP contribution is 2.33. The molecule has 0 unspecified atom stereocenters. The normalized spacial score (nSPS) is 20.9. The van der Waals surface area contributed by atoms with Gasteiger partial charge in [-0.3, -0.25) is 14.5 Å². The lowest BCUT2D eigenvalue weighted by atomic mass is 10.2. The number of benzene rings is 1. The van der Waals surface area contributed by atoms with Gasteiger partial charge in [-0.1, -0.05) is 36.1 Å². The van der Waals surface area contributed by atoms with Gasteiger partial charge in [0.1, 0.15) is 22.7 Å². The first-order valence-electron chi connectivity index (χ1n) is 8.91. The zero-order valence-electron chi connectivity index (χ0n) is 15.3. The van der Waals surface area contributed by atoms with Gasteiger partial charge in [0.05, 0.1) is 11.5 Å². The maximum atomic E-state index is 12.7. The number of nitrogens with zero attached hydrogens (tertiary/aromatic N) is 2. The number of carboxylic acids is 1. The number of hydrogen-bond donors (Lipinski definition) is 1. The van der Waals surface area contributed by atoms with Crippen molar-refractivity contribution in [1.82, 2.24) is 9.80 Å². The molecule has 7 nitrogen and oxygen atoms in total. The van der Waals surface area contributed by atoms with Crippen molar-refractivity contribution in [1.29, 1.82) is 0 Å². The van der Waals surface area contributed by atoms with Crippen LogP contribution in [0, 0.1) is 0 Å². The molecule has 2 aliphatic rings. The molecule has 1 aromatic carbocycles. The van der Waals surface area contributed by atoms with Crippen LogP contribution >= 0.6 is 24.0 Å². The molecule has 1 N–H and O–H groups in total. The van der Waals surface area contributed by atoms with E-state index in [9.17, 15) is 19.5 Å². The van der Waals surface area contributed by atoms with E-state index < -0.39 is 17.9 Å². The number of amides is 2. The lowest BCUT2D eigenvalue weighted by molar-refractivity contribution is -0.148. The molecule has 3 rings (SSSR count). The first-order chi connectivity index (χ1) is 13.4. The molecule has 0 aromatic heterocycles. The van der Waals surface area contributed by atoms with Gasteiger partial charge in [-0.15, -0.1) is 0 Å². The van der Waals surface area contributed by atoms with Crippen molar-refractivity contribution in [3.05, 3.63) is 34.7 Å². The van der Waals surface area contributed by atoms with Gasteiger partial charge < -0.3 is 14.7 Å². The van der Waals surface area contributed by atoms with Crippen LogP contribution in [0.3, 0.4) is 0 Å². The van der Waals surface area contributed by atoms with E-state index in [0.29, 0.717) is 35.2 Å². The van der Waals surface area contributed by atoms with E-state index in [2.05, 4.69) is 0 Å². The average Bonchev–Trinajstić information content (AvgIpc) is 3.25. The minimum atomic E-state index is -1.02. The lowest BCUT2D eigenvalue weighted by Crippen LogP contribution is -2.46. The Kier molecular flexibility index (Phi) is 6.35. The quantitative estimate of drug-likeness (QED) is 0.558. The van der Waals surface area contributed by atoms with Crippen molar-refractivity contribution in [3.63, 3.8) is 0 Å². The number of carbonyl (C=O) groups is 3. The van der Waals surface area contributed by atoms with Crippen LogP contribution in [0.1, 0.15) is 25.3 Å². The molecule has 0 bridgehead atoms. The summed E-state index contributed by atoms with van der Waals surface area (Å²) in [6, 6.07) is 6.48. The zero-order valence-corrected chi connectivity index (χ0v) is 16.9. The Balaban J connectivity index is 1.69. The number of carbonyl (C=O) groups excluding carboxylic acids is 2. The molecule has 0 radical (unpaired) electrons. The molecule has 1 aromatic rings. The number of likely N-dealkylation sites (tertiary alicyclic amines) is 1. The molecular formula is C19H20N2O5S2. The number of thioether (sulfide) groups is 1. The third-order valence-electron chi connectivity index (χ3n) is 4.51. The van der Waals surface area contributed by atoms with Crippen molar-refractivity contribution in [3.8, 4) is 5.75 Å². The van der Waals surface area contributed by atoms with Gasteiger partial charge >= 0.3 is 5.97 Å². The highest BCUT2D eigenvalue weighted by atomic mass is 32.2. The summed E-state index contributed by atoms with van der Waals surface area (Å²) in [7, 11) is 0. The highest BCUT2D eigenvalue weighted by molar-refractivity contribution is 8.26. The van der Waals surface area contributed by atoms with Crippen LogP contribution in [-0.2, 0) is 14.4 Å². The molecule has 0 spiro atoms. The molecule has 148 valence electrons. The molecule has 2 aliphatic heterocycles. The Morgan fingerprint density at radius 1 is 1.36 bits per heavy atom. The van der Waals surface area contributed by atoms with Gasteiger partial charge in [-0.05, 0) is 43.5 Å².